The second-order valence-corrected chi connectivity index (χ2v) is 10.4. The van der Waals surface area contributed by atoms with Crippen LogP contribution in [0, 0.1) is 0 Å². The number of carbonyl (C=O) groups is 1. The number of hydrazine groups is 1. The molecule has 4 rings (SSSR count). The summed E-state index contributed by atoms with van der Waals surface area (Å²) in [6.45, 7) is 5.14. The minimum atomic E-state index is -5.04. The van der Waals surface area contributed by atoms with E-state index in [4.69, 9.17) is 9.57 Å². The summed E-state index contributed by atoms with van der Waals surface area (Å²) in [5, 5.41) is 15.0. The molecule has 2 aromatic carbocycles. The number of rotatable bonds is 7. The summed E-state index contributed by atoms with van der Waals surface area (Å²) in [7, 11) is 1.50. The predicted molar refractivity (Wildman–Crippen MR) is 141 cm³/mol. The Bertz CT molecular complexity index is 1380. The van der Waals surface area contributed by atoms with Gasteiger partial charge in [-0.1, -0.05) is 0 Å². The highest BCUT2D eigenvalue weighted by atomic mass is 19.4. The number of amides is 1. The van der Waals surface area contributed by atoms with E-state index in [2.05, 4.69) is 5.32 Å². The Kier molecular flexibility index (Phi) is 8.84. The van der Waals surface area contributed by atoms with Crippen LogP contribution >= 0.6 is 0 Å². The van der Waals surface area contributed by atoms with E-state index in [9.17, 15) is 36.3 Å². The summed E-state index contributed by atoms with van der Waals surface area (Å²) in [6, 6.07) is 6.12. The Balaban J connectivity index is 1.75. The maximum Gasteiger partial charge on any atom is 0.416 e. The summed E-state index contributed by atoms with van der Waals surface area (Å²) in [5.74, 6) is -0.0818. The molecule has 2 aromatic rings. The van der Waals surface area contributed by atoms with Gasteiger partial charge in [0.25, 0.3) is 5.91 Å². The van der Waals surface area contributed by atoms with Crippen LogP contribution in [0.15, 0.2) is 47.7 Å². The quantitative estimate of drug-likeness (QED) is 0.323. The fourth-order valence-electron chi connectivity index (χ4n) is 5.05. The van der Waals surface area contributed by atoms with Crippen molar-refractivity contribution in [2.24, 2.45) is 0 Å². The van der Waals surface area contributed by atoms with Crippen LogP contribution in [-0.4, -0.2) is 41.2 Å². The van der Waals surface area contributed by atoms with Gasteiger partial charge in [-0.3, -0.25) is 10.0 Å². The SMILES string of the molecule is COc1ccc(C(=O)NC(C)C)cc1C1=C(CN2C(C)=C(c3cc(C(F)(F)F)cc(C(F)(F)F)c3)ON2O)CCCC1. The number of halogens is 6. The topological polar surface area (TPSA) is 74.3 Å². The maximum absolute atomic E-state index is 13.5. The molecule has 0 aromatic heterocycles. The Morgan fingerprint density at radius 3 is 2.21 bits per heavy atom. The predicted octanol–water partition coefficient (Wildman–Crippen LogP) is 7.44. The minimum absolute atomic E-state index is 0.0256. The summed E-state index contributed by atoms with van der Waals surface area (Å²) < 4.78 is 86.3. The van der Waals surface area contributed by atoms with Crippen molar-refractivity contribution in [3.8, 4) is 5.75 Å². The molecule has 1 heterocycles. The summed E-state index contributed by atoms with van der Waals surface area (Å²) in [5.41, 5.74) is -0.556. The second kappa shape index (κ2) is 11.9. The van der Waals surface area contributed by atoms with E-state index < -0.39 is 29.0 Å². The zero-order valence-corrected chi connectivity index (χ0v) is 23.4. The number of carbonyl (C=O) groups excluding carboxylic acids is 1. The Morgan fingerprint density at radius 1 is 1.02 bits per heavy atom. The molecule has 2 aliphatic rings. The van der Waals surface area contributed by atoms with E-state index in [1.165, 1.54) is 19.0 Å². The molecule has 0 saturated carbocycles. The van der Waals surface area contributed by atoms with Crippen molar-refractivity contribution in [3.05, 3.63) is 75.5 Å². The van der Waals surface area contributed by atoms with Gasteiger partial charge < -0.3 is 14.9 Å². The first-order valence-electron chi connectivity index (χ1n) is 13.3. The molecule has 228 valence electrons. The number of allylic oxidation sites excluding steroid dienone is 2. The van der Waals surface area contributed by atoms with Crippen LogP contribution in [0.4, 0.5) is 26.3 Å². The van der Waals surface area contributed by atoms with Gasteiger partial charge in [0, 0.05) is 22.7 Å². The van der Waals surface area contributed by atoms with E-state index in [-0.39, 0.29) is 36.0 Å². The number of hydrogen-bond donors (Lipinski definition) is 2. The van der Waals surface area contributed by atoms with Gasteiger partial charge >= 0.3 is 12.4 Å². The van der Waals surface area contributed by atoms with E-state index in [1.807, 2.05) is 13.8 Å². The molecule has 0 unspecified atom stereocenters. The van der Waals surface area contributed by atoms with Crippen molar-refractivity contribution in [3.63, 3.8) is 0 Å². The lowest BCUT2D eigenvalue weighted by atomic mass is 9.86. The van der Waals surface area contributed by atoms with Gasteiger partial charge in [-0.2, -0.15) is 26.3 Å². The third-order valence-corrected chi connectivity index (χ3v) is 7.07. The van der Waals surface area contributed by atoms with Crippen LogP contribution in [-0.2, 0) is 17.2 Å². The van der Waals surface area contributed by atoms with Crippen LogP contribution < -0.4 is 10.1 Å². The first kappa shape index (κ1) is 31.2. The zero-order valence-electron chi connectivity index (χ0n) is 23.4. The van der Waals surface area contributed by atoms with Gasteiger partial charge in [0.2, 0.25) is 0 Å². The molecule has 0 fully saturated rings. The van der Waals surface area contributed by atoms with Gasteiger partial charge in [0.05, 0.1) is 35.8 Å². The molecular weight excluding hydrogens is 568 g/mol. The standard InChI is InChI=1S/C29H31F6N3O4/c1-16(2)36-27(39)18-9-10-25(41-4)24(13-18)23-8-6-5-7-19(23)15-37-17(3)26(42-38(37)40)20-11-21(28(30,31)32)14-22(12-20)29(33,34)35/h9-14,16,40H,5-8,15H2,1-4H3,(H,36,39). The smallest absolute Gasteiger partial charge is 0.416 e. The van der Waals surface area contributed by atoms with E-state index in [0.717, 1.165) is 24.0 Å². The highest BCUT2D eigenvalue weighted by Crippen LogP contribution is 2.42. The maximum atomic E-state index is 13.5. The van der Waals surface area contributed by atoms with Crippen LogP contribution in [0.25, 0.3) is 11.3 Å². The van der Waals surface area contributed by atoms with Gasteiger partial charge in [0.1, 0.15) is 5.75 Å². The largest absolute Gasteiger partial charge is 0.496 e. The highest BCUT2D eigenvalue weighted by Gasteiger charge is 2.39. The average Bonchev–Trinajstić information content (AvgIpc) is 3.20. The summed E-state index contributed by atoms with van der Waals surface area (Å²) in [4.78, 5) is 18.0. The number of alkyl halides is 6. The molecule has 1 aliphatic carbocycles. The highest BCUT2D eigenvalue weighted by molar-refractivity contribution is 5.96. The van der Waals surface area contributed by atoms with Crippen LogP contribution in [0.2, 0.25) is 0 Å². The number of ether oxygens (including phenoxy) is 1. The molecule has 0 atom stereocenters. The first-order chi connectivity index (χ1) is 19.6. The van der Waals surface area contributed by atoms with E-state index >= 15 is 0 Å². The number of benzene rings is 2. The molecule has 13 heteroatoms. The Morgan fingerprint density at radius 2 is 1.64 bits per heavy atom. The molecule has 1 amide bonds. The van der Waals surface area contributed by atoms with Gasteiger partial charge in [0.15, 0.2) is 5.76 Å². The van der Waals surface area contributed by atoms with Crippen LogP contribution in [0.5, 0.6) is 5.75 Å². The van der Waals surface area contributed by atoms with Crippen molar-refractivity contribution in [1.29, 1.82) is 0 Å². The third-order valence-electron chi connectivity index (χ3n) is 7.07. The van der Waals surface area contributed by atoms with Gasteiger partial charge in [-0.25, -0.2) is 5.01 Å². The van der Waals surface area contributed by atoms with Crippen LogP contribution in [0.3, 0.4) is 0 Å². The van der Waals surface area contributed by atoms with Crippen molar-refractivity contribution < 1.29 is 45.9 Å². The van der Waals surface area contributed by atoms with Gasteiger partial charge in [-0.05, 0) is 94.0 Å². The molecule has 1 aliphatic heterocycles. The second-order valence-electron chi connectivity index (χ2n) is 10.4. The number of hydrogen-bond acceptors (Lipinski definition) is 6. The van der Waals surface area contributed by atoms with Crippen molar-refractivity contribution in [2.75, 3.05) is 13.7 Å². The van der Waals surface area contributed by atoms with Gasteiger partial charge in [-0.15, -0.1) is 0 Å². The van der Waals surface area contributed by atoms with Crippen molar-refractivity contribution >= 4 is 17.2 Å². The number of nitrogens with zero attached hydrogens (tertiary/aromatic N) is 2. The molecular formula is C29H31F6N3O4. The first-order valence-corrected chi connectivity index (χ1v) is 13.3. The average molecular weight is 600 g/mol. The lowest BCUT2D eigenvalue weighted by Crippen LogP contribution is -2.35. The summed E-state index contributed by atoms with van der Waals surface area (Å²) >= 11 is 0. The molecule has 2 N–H and O–H groups in total. The van der Waals surface area contributed by atoms with Crippen molar-refractivity contribution in [2.45, 2.75) is 64.8 Å². The van der Waals surface area contributed by atoms with E-state index in [1.54, 1.807) is 18.2 Å². The zero-order chi connectivity index (χ0) is 31.0. The molecule has 0 spiro atoms. The normalized spacial score (nSPS) is 16.8. The monoisotopic (exact) mass is 599 g/mol. The fourth-order valence-corrected chi connectivity index (χ4v) is 5.05. The van der Waals surface area contributed by atoms with Crippen molar-refractivity contribution in [1.82, 2.24) is 15.7 Å². The molecule has 42 heavy (non-hydrogen) atoms. The Hall–Kier alpha value is -3.71. The summed E-state index contributed by atoms with van der Waals surface area (Å²) in [6.07, 6.45) is -7.21. The lowest BCUT2D eigenvalue weighted by molar-refractivity contribution is -0.383. The van der Waals surface area contributed by atoms with Crippen LogP contribution in [0.1, 0.15) is 79.1 Å². The molecule has 0 bridgehead atoms. The fraction of sp³-hybridized carbons (Fsp3) is 0.414. The van der Waals surface area contributed by atoms with E-state index in [0.29, 0.717) is 47.2 Å². The number of nitrogens with one attached hydrogen (secondary N) is 1. The Labute approximate surface area is 238 Å². The molecule has 7 nitrogen and oxygen atoms in total. The number of methoxy groups -OCH3 is 1. The third kappa shape index (κ3) is 6.67. The minimum Gasteiger partial charge on any atom is -0.496 e. The lowest BCUT2D eigenvalue weighted by Gasteiger charge is -2.28. The molecule has 0 radical (unpaired) electrons. The molecule has 0 saturated heterocycles.